The number of hydrogen-bond acceptors (Lipinski definition) is 11. The molecule has 1 aromatic rings. The van der Waals surface area contributed by atoms with E-state index in [1.807, 2.05) is 36.9 Å². The maximum atomic E-state index is 5.42. The molecule has 1 fully saturated rings. The molecule has 0 radical (unpaired) electrons. The van der Waals surface area contributed by atoms with Crippen molar-refractivity contribution in [3.63, 3.8) is 0 Å². The molecule has 11 nitrogen and oxygen atoms in total. The topological polar surface area (TPSA) is 105 Å². The fourth-order valence-corrected chi connectivity index (χ4v) is 6.82. The second-order valence-corrected chi connectivity index (χ2v) is 16.4. The average Bonchev–Trinajstić information content (AvgIpc) is 3.78. The highest BCUT2D eigenvalue weighted by molar-refractivity contribution is 6.75. The van der Waals surface area contributed by atoms with Gasteiger partial charge in [-0.15, -0.1) is 0 Å². The lowest BCUT2D eigenvalue weighted by Crippen LogP contribution is -2.54. The average molecular weight is 571 g/mol. The van der Waals surface area contributed by atoms with Crippen LogP contribution in [0.15, 0.2) is 30.3 Å². The third-order valence-electron chi connectivity index (χ3n) is 5.46. The summed E-state index contributed by atoms with van der Waals surface area (Å²) < 4.78 is 57.1. The van der Waals surface area contributed by atoms with E-state index in [0.29, 0.717) is 19.3 Å². The number of epoxide rings is 1. The Kier molecular flexibility index (Phi) is 19.2. The van der Waals surface area contributed by atoms with Gasteiger partial charge < -0.3 is 49.3 Å². The highest BCUT2D eigenvalue weighted by Gasteiger charge is 2.40. The minimum Gasteiger partial charge on any atom is -0.379 e. The van der Waals surface area contributed by atoms with Gasteiger partial charge >= 0.3 is 26.4 Å². The first-order valence-electron chi connectivity index (χ1n) is 11.4. The number of benzene rings is 1. The van der Waals surface area contributed by atoms with Crippen LogP contribution in [-0.4, -0.2) is 116 Å². The lowest BCUT2D eigenvalue weighted by molar-refractivity contribution is 0.100. The van der Waals surface area contributed by atoms with E-state index in [2.05, 4.69) is 0 Å². The first kappa shape index (κ1) is 35.4. The summed E-state index contributed by atoms with van der Waals surface area (Å²) in [7, 11) is 7.27. The summed E-state index contributed by atoms with van der Waals surface area (Å²) in [6.45, 7) is 4.06. The predicted molar refractivity (Wildman–Crippen MR) is 142 cm³/mol. The van der Waals surface area contributed by atoms with Crippen molar-refractivity contribution in [3.05, 3.63) is 30.3 Å². The van der Waals surface area contributed by atoms with Crippen LogP contribution < -0.4 is 5.19 Å². The Hall–Kier alpha value is -0.569. The molecule has 0 aromatic heterocycles. The monoisotopic (exact) mass is 570 g/mol. The fourth-order valence-electron chi connectivity index (χ4n) is 2.82. The zero-order valence-corrected chi connectivity index (χ0v) is 26.5. The van der Waals surface area contributed by atoms with Crippen molar-refractivity contribution in [2.75, 3.05) is 83.8 Å². The zero-order valence-electron chi connectivity index (χ0n) is 23.5. The van der Waals surface area contributed by atoms with Gasteiger partial charge in [0.2, 0.25) is 0 Å². The van der Waals surface area contributed by atoms with Gasteiger partial charge in [0.25, 0.3) is 0 Å². The first-order chi connectivity index (χ1) is 17.2. The Morgan fingerprint density at radius 3 is 1.53 bits per heavy atom. The Morgan fingerprint density at radius 1 is 0.722 bits per heavy atom. The smallest absolute Gasteiger partial charge is 0.379 e. The van der Waals surface area contributed by atoms with Gasteiger partial charge in [-0.05, 0) is 6.42 Å². The van der Waals surface area contributed by atoms with E-state index >= 15 is 0 Å². The molecule has 0 amide bonds. The van der Waals surface area contributed by atoms with Crippen molar-refractivity contribution in [1.29, 1.82) is 0 Å². The van der Waals surface area contributed by atoms with Crippen molar-refractivity contribution in [3.8, 4) is 0 Å². The molecule has 0 aliphatic carbocycles. The summed E-state index contributed by atoms with van der Waals surface area (Å²) in [6.07, 6.45) is 1.22. The van der Waals surface area contributed by atoms with E-state index in [1.165, 1.54) is 0 Å². The highest BCUT2D eigenvalue weighted by Crippen LogP contribution is 2.15. The molecule has 2 rings (SSSR count). The second kappa shape index (κ2) is 19.5. The lowest BCUT2D eigenvalue weighted by Gasteiger charge is -2.24. The molecule has 1 aliphatic rings. The van der Waals surface area contributed by atoms with Crippen LogP contribution in [0.3, 0.4) is 0 Å². The molecule has 1 aromatic carbocycles. The van der Waals surface area contributed by atoms with Crippen molar-refractivity contribution in [2.45, 2.75) is 25.1 Å². The molecular weight excluding hydrogens is 524 g/mol. The summed E-state index contributed by atoms with van der Waals surface area (Å²) in [4.78, 5) is 0. The van der Waals surface area contributed by atoms with Crippen LogP contribution in [0.1, 0.15) is 6.42 Å². The van der Waals surface area contributed by atoms with E-state index in [0.717, 1.165) is 24.3 Å². The summed E-state index contributed by atoms with van der Waals surface area (Å²) in [5.41, 5.74) is 0. The molecule has 0 saturated carbocycles. The minimum absolute atomic E-state index is 0.333. The van der Waals surface area contributed by atoms with Crippen LogP contribution in [0.5, 0.6) is 0 Å². The summed E-state index contributed by atoms with van der Waals surface area (Å²) in [5, 5.41) is 0.975. The van der Waals surface area contributed by atoms with Gasteiger partial charge in [-0.25, -0.2) is 0 Å². The van der Waals surface area contributed by atoms with Crippen molar-refractivity contribution < 1.29 is 49.3 Å². The fraction of sp³-hybridized carbons (Fsp3) is 0.727. The van der Waals surface area contributed by atoms with Gasteiger partial charge in [0.15, 0.2) is 0 Å². The zero-order chi connectivity index (χ0) is 27.5. The van der Waals surface area contributed by atoms with Crippen LogP contribution in [0.4, 0.5) is 0 Å². The number of hydrogen-bond donors (Lipinski definition) is 0. The molecule has 0 N–H and O–H groups in total. The Morgan fingerprint density at radius 2 is 1.19 bits per heavy atom. The van der Waals surface area contributed by atoms with E-state index in [1.54, 1.807) is 64.0 Å². The molecular formula is C22H46O11Si3. The van der Waals surface area contributed by atoms with Gasteiger partial charge in [-0.1, -0.05) is 30.3 Å². The molecule has 1 atom stereocenters. The molecule has 1 saturated heterocycles. The largest absolute Gasteiger partial charge is 0.536 e. The summed E-state index contributed by atoms with van der Waals surface area (Å²) in [6, 6.07) is 10.5. The van der Waals surface area contributed by atoms with Crippen molar-refractivity contribution in [2.24, 2.45) is 0 Å². The maximum Gasteiger partial charge on any atom is 0.536 e. The quantitative estimate of drug-likeness (QED) is 0.165. The molecule has 1 aliphatic heterocycles. The first-order valence-corrected chi connectivity index (χ1v) is 17.3. The van der Waals surface area contributed by atoms with E-state index in [4.69, 9.17) is 49.3 Å². The highest BCUT2D eigenvalue weighted by atomic mass is 28.4. The molecule has 36 heavy (non-hydrogen) atoms. The Balaban J connectivity index is 0.000000535. The molecule has 14 heteroatoms. The van der Waals surface area contributed by atoms with Crippen LogP contribution >= 0.6 is 0 Å². The van der Waals surface area contributed by atoms with Crippen molar-refractivity contribution >= 4 is 31.6 Å². The van der Waals surface area contributed by atoms with Crippen LogP contribution in [0.2, 0.25) is 12.6 Å². The molecule has 1 unspecified atom stereocenters. The molecule has 0 spiro atoms. The van der Waals surface area contributed by atoms with Gasteiger partial charge in [0.05, 0.1) is 13.2 Å². The van der Waals surface area contributed by atoms with E-state index in [9.17, 15) is 0 Å². The van der Waals surface area contributed by atoms with Crippen molar-refractivity contribution in [1.82, 2.24) is 0 Å². The summed E-state index contributed by atoms with van der Waals surface area (Å²) in [5.74, 6) is 0. The Labute approximate surface area is 220 Å². The lowest BCUT2D eigenvalue weighted by atomic mass is 10.4. The SMILES string of the molecule is CO[Si](C)(OC)OC.CO[Si](CCCOCC1CO1)(OC)OC.CO[Si](OC)(OC)c1ccccc1. The normalized spacial score (nSPS) is 15.4. The van der Waals surface area contributed by atoms with Gasteiger partial charge in [-0.3, -0.25) is 0 Å². The number of ether oxygens (including phenoxy) is 2. The maximum absolute atomic E-state index is 5.42. The second-order valence-electron chi connectivity index (χ2n) is 7.44. The number of rotatable bonds is 16. The van der Waals surface area contributed by atoms with E-state index < -0.39 is 26.4 Å². The predicted octanol–water partition coefficient (Wildman–Crippen LogP) is 1.94. The minimum atomic E-state index is -2.59. The summed E-state index contributed by atoms with van der Waals surface area (Å²) >= 11 is 0. The van der Waals surface area contributed by atoms with Crippen LogP contribution in [0, 0.1) is 0 Å². The third kappa shape index (κ3) is 12.8. The van der Waals surface area contributed by atoms with Crippen LogP contribution in [0.25, 0.3) is 0 Å². The Bertz CT molecular complexity index is 617. The van der Waals surface area contributed by atoms with E-state index in [-0.39, 0.29) is 0 Å². The van der Waals surface area contributed by atoms with Crippen LogP contribution in [-0.2, 0) is 49.3 Å². The standard InChI is InChI=1S/C9H20O5Si.C9H14O3Si.C4H12O3Si/c1-10-15(11-2,12-3)6-4-5-13-7-9-8-14-9;1-10-13(11-2,12-3)9-7-5-4-6-8-9;1-5-8(4,6-2)7-3/h9H,4-8H2,1-3H3;4-8H,1-3H3;1-4H3. The molecule has 1 heterocycles. The van der Waals surface area contributed by atoms with Gasteiger partial charge in [0, 0.05) is 88.4 Å². The van der Waals surface area contributed by atoms with Gasteiger partial charge in [0.1, 0.15) is 6.10 Å². The molecule has 0 bridgehead atoms. The third-order valence-corrected chi connectivity index (χ3v) is 13.2. The molecule has 212 valence electrons. The van der Waals surface area contributed by atoms with Gasteiger partial charge in [-0.2, -0.15) is 0 Å².